The third kappa shape index (κ3) is 1.75. The Morgan fingerprint density at radius 2 is 2.08 bits per heavy atom. The van der Waals surface area contributed by atoms with Crippen LogP contribution in [0.25, 0.3) is 0 Å². The molecule has 1 N–H and O–H groups in total. The predicted octanol–water partition coefficient (Wildman–Crippen LogP) is 1.98. The van der Waals surface area contributed by atoms with Crippen LogP contribution in [-0.4, -0.2) is 16.2 Å². The SMILES string of the molecule is CC(C)[C@H]1N[C@@H](C#N)C(C)(C)S1. The van der Waals surface area contributed by atoms with Crippen LogP contribution in [0.3, 0.4) is 0 Å². The van der Waals surface area contributed by atoms with Gasteiger partial charge in [-0.3, -0.25) is 5.32 Å². The summed E-state index contributed by atoms with van der Waals surface area (Å²) in [4.78, 5) is 0. The fourth-order valence-corrected chi connectivity index (χ4v) is 2.70. The van der Waals surface area contributed by atoms with Crippen molar-refractivity contribution in [2.45, 2.75) is 43.9 Å². The first-order valence-electron chi connectivity index (χ1n) is 4.31. The Hall–Kier alpha value is -0.200. The van der Waals surface area contributed by atoms with Crippen molar-refractivity contribution < 1.29 is 0 Å². The summed E-state index contributed by atoms with van der Waals surface area (Å²) in [6.07, 6.45) is 0. The van der Waals surface area contributed by atoms with Gasteiger partial charge in [-0.15, -0.1) is 11.8 Å². The molecule has 3 heteroatoms. The zero-order valence-corrected chi connectivity index (χ0v) is 8.90. The van der Waals surface area contributed by atoms with Crippen molar-refractivity contribution in [3.05, 3.63) is 0 Å². The summed E-state index contributed by atoms with van der Waals surface area (Å²) < 4.78 is 0.0592. The van der Waals surface area contributed by atoms with Gasteiger partial charge in [0, 0.05) is 4.75 Å². The maximum atomic E-state index is 8.88. The predicted molar refractivity (Wildman–Crippen MR) is 52.8 cm³/mol. The van der Waals surface area contributed by atoms with Crippen LogP contribution in [0, 0.1) is 17.2 Å². The molecular weight excluding hydrogens is 168 g/mol. The molecule has 1 heterocycles. The first kappa shape index (κ1) is 9.88. The Balaban J connectivity index is 2.68. The molecule has 0 aromatic rings. The van der Waals surface area contributed by atoms with Crippen LogP contribution >= 0.6 is 11.8 Å². The molecule has 1 fully saturated rings. The van der Waals surface area contributed by atoms with Gasteiger partial charge in [-0.2, -0.15) is 5.26 Å². The lowest BCUT2D eigenvalue weighted by atomic mass is 10.0. The summed E-state index contributed by atoms with van der Waals surface area (Å²) >= 11 is 1.87. The van der Waals surface area contributed by atoms with Crippen molar-refractivity contribution in [2.75, 3.05) is 0 Å². The molecule has 68 valence electrons. The average molecular weight is 184 g/mol. The molecule has 0 spiro atoms. The molecule has 2 atom stereocenters. The van der Waals surface area contributed by atoms with Crippen molar-refractivity contribution in [3.63, 3.8) is 0 Å². The minimum absolute atomic E-state index is 0.00472. The molecule has 0 radical (unpaired) electrons. The fourth-order valence-electron chi connectivity index (χ4n) is 1.32. The lowest BCUT2D eigenvalue weighted by Crippen LogP contribution is -2.37. The Labute approximate surface area is 78.7 Å². The van der Waals surface area contributed by atoms with Gasteiger partial charge in [0.05, 0.1) is 11.4 Å². The summed E-state index contributed by atoms with van der Waals surface area (Å²) in [6, 6.07) is 2.30. The second kappa shape index (κ2) is 3.27. The minimum Gasteiger partial charge on any atom is -0.289 e. The van der Waals surface area contributed by atoms with E-state index in [0.717, 1.165) is 0 Å². The molecule has 0 saturated carbocycles. The molecule has 0 aromatic carbocycles. The summed E-state index contributed by atoms with van der Waals surface area (Å²) in [5, 5.41) is 12.6. The van der Waals surface area contributed by atoms with Crippen LogP contribution in [0.2, 0.25) is 0 Å². The number of nitriles is 1. The molecule has 2 nitrogen and oxygen atoms in total. The minimum atomic E-state index is -0.00472. The van der Waals surface area contributed by atoms with Crippen LogP contribution in [0.5, 0.6) is 0 Å². The number of nitrogens with one attached hydrogen (secondary N) is 1. The van der Waals surface area contributed by atoms with Gasteiger partial charge in [0.25, 0.3) is 0 Å². The molecular formula is C9H16N2S. The third-order valence-corrected chi connectivity index (χ3v) is 3.97. The maximum absolute atomic E-state index is 8.88. The number of rotatable bonds is 1. The van der Waals surface area contributed by atoms with E-state index >= 15 is 0 Å². The van der Waals surface area contributed by atoms with Crippen LogP contribution in [-0.2, 0) is 0 Å². The number of hydrogen-bond donors (Lipinski definition) is 1. The largest absolute Gasteiger partial charge is 0.289 e. The Bertz CT molecular complexity index is 205. The lowest BCUT2D eigenvalue weighted by molar-refractivity contribution is 0.479. The van der Waals surface area contributed by atoms with Gasteiger partial charge >= 0.3 is 0 Å². The highest BCUT2D eigenvalue weighted by atomic mass is 32.2. The van der Waals surface area contributed by atoms with Gasteiger partial charge in [-0.25, -0.2) is 0 Å². The zero-order valence-electron chi connectivity index (χ0n) is 8.09. The second-order valence-corrected chi connectivity index (χ2v) is 5.91. The summed E-state index contributed by atoms with van der Waals surface area (Å²) in [7, 11) is 0. The Morgan fingerprint density at radius 3 is 2.33 bits per heavy atom. The van der Waals surface area contributed by atoms with E-state index in [4.69, 9.17) is 5.26 Å². The van der Waals surface area contributed by atoms with Gasteiger partial charge < -0.3 is 0 Å². The molecule has 0 bridgehead atoms. The smallest absolute Gasteiger partial charge is 0.110 e. The van der Waals surface area contributed by atoms with Crippen molar-refractivity contribution in [1.82, 2.24) is 5.32 Å². The molecule has 0 unspecified atom stereocenters. The first-order chi connectivity index (χ1) is 5.47. The second-order valence-electron chi connectivity index (χ2n) is 4.11. The van der Waals surface area contributed by atoms with E-state index in [-0.39, 0.29) is 10.8 Å². The van der Waals surface area contributed by atoms with Crippen molar-refractivity contribution in [1.29, 1.82) is 5.26 Å². The Kier molecular flexibility index (Phi) is 2.70. The Morgan fingerprint density at radius 1 is 1.50 bits per heavy atom. The van der Waals surface area contributed by atoms with Crippen LogP contribution in [0.4, 0.5) is 0 Å². The van der Waals surface area contributed by atoms with Crippen molar-refractivity contribution in [2.24, 2.45) is 5.92 Å². The number of hydrogen-bond acceptors (Lipinski definition) is 3. The quantitative estimate of drug-likeness (QED) is 0.677. The molecule has 0 aromatic heterocycles. The van der Waals surface area contributed by atoms with E-state index in [1.165, 1.54) is 0 Å². The summed E-state index contributed by atoms with van der Waals surface area (Å²) in [6.45, 7) is 8.61. The van der Waals surface area contributed by atoms with E-state index in [1.54, 1.807) is 0 Å². The average Bonchev–Trinajstić information content (AvgIpc) is 2.25. The fraction of sp³-hybridized carbons (Fsp3) is 0.889. The normalized spacial score (nSPS) is 33.7. The molecule has 1 rings (SSSR count). The maximum Gasteiger partial charge on any atom is 0.110 e. The number of nitrogens with zero attached hydrogens (tertiary/aromatic N) is 1. The highest BCUT2D eigenvalue weighted by Gasteiger charge is 2.41. The van der Waals surface area contributed by atoms with E-state index in [0.29, 0.717) is 11.3 Å². The molecule has 0 aliphatic carbocycles. The van der Waals surface area contributed by atoms with Crippen molar-refractivity contribution in [3.8, 4) is 6.07 Å². The monoisotopic (exact) mass is 184 g/mol. The van der Waals surface area contributed by atoms with E-state index in [9.17, 15) is 0 Å². The summed E-state index contributed by atoms with van der Waals surface area (Å²) in [5.74, 6) is 0.590. The van der Waals surface area contributed by atoms with E-state index in [1.807, 2.05) is 11.8 Å². The van der Waals surface area contributed by atoms with Gasteiger partial charge in [0.15, 0.2) is 0 Å². The molecule has 1 aliphatic rings. The first-order valence-corrected chi connectivity index (χ1v) is 5.19. The van der Waals surface area contributed by atoms with Gasteiger partial charge in [0.1, 0.15) is 6.04 Å². The van der Waals surface area contributed by atoms with Gasteiger partial charge in [-0.05, 0) is 19.8 Å². The lowest BCUT2D eigenvalue weighted by Gasteiger charge is -2.19. The third-order valence-electron chi connectivity index (χ3n) is 2.19. The van der Waals surface area contributed by atoms with E-state index < -0.39 is 0 Å². The van der Waals surface area contributed by atoms with Crippen LogP contribution in [0.15, 0.2) is 0 Å². The van der Waals surface area contributed by atoms with Gasteiger partial charge in [-0.1, -0.05) is 13.8 Å². The van der Waals surface area contributed by atoms with Crippen molar-refractivity contribution >= 4 is 11.8 Å². The molecule has 0 amide bonds. The topological polar surface area (TPSA) is 35.8 Å². The van der Waals surface area contributed by atoms with Crippen LogP contribution < -0.4 is 5.32 Å². The standard InChI is InChI=1S/C9H16N2S/c1-6(2)8-11-7(5-10)9(3,4)12-8/h6-8,11H,1-4H3/t7-,8-/m0/s1. The molecule has 1 saturated heterocycles. The molecule has 12 heavy (non-hydrogen) atoms. The highest BCUT2D eigenvalue weighted by molar-refractivity contribution is 8.01. The van der Waals surface area contributed by atoms with Crippen LogP contribution in [0.1, 0.15) is 27.7 Å². The zero-order chi connectivity index (χ0) is 9.35. The highest BCUT2D eigenvalue weighted by Crippen LogP contribution is 2.39. The summed E-state index contributed by atoms with van der Waals surface area (Å²) in [5.41, 5.74) is 0. The van der Waals surface area contributed by atoms with Gasteiger partial charge in [0.2, 0.25) is 0 Å². The number of thioether (sulfide) groups is 1. The molecule has 1 aliphatic heterocycles. The van der Waals surface area contributed by atoms with E-state index in [2.05, 4.69) is 39.1 Å².